The minimum atomic E-state index is -0.429. The molecule has 0 fully saturated rings. The van der Waals surface area contributed by atoms with Crippen molar-refractivity contribution in [2.75, 3.05) is 0 Å². The zero-order valence-electron chi connectivity index (χ0n) is 19.4. The highest BCUT2D eigenvalue weighted by Crippen LogP contribution is 2.39. The van der Waals surface area contributed by atoms with Crippen molar-refractivity contribution in [3.8, 4) is 11.5 Å². The summed E-state index contributed by atoms with van der Waals surface area (Å²) in [5.74, 6) is 1.44. The van der Waals surface area contributed by atoms with Gasteiger partial charge in [-0.1, -0.05) is 84.9 Å². The second-order valence-electron chi connectivity index (χ2n) is 8.56. The molecular weight excluding hydrogens is 446 g/mol. The van der Waals surface area contributed by atoms with Crippen LogP contribution >= 0.6 is 0 Å². The lowest BCUT2D eigenvalue weighted by atomic mass is 9.90. The molecule has 2 amide bonds. The van der Waals surface area contributed by atoms with E-state index in [4.69, 9.17) is 9.72 Å². The number of pyridine rings is 1. The van der Waals surface area contributed by atoms with Gasteiger partial charge in [0.15, 0.2) is 0 Å². The number of amides is 2. The minimum Gasteiger partial charge on any atom is -0.457 e. The average molecular weight is 470 g/mol. The Labute approximate surface area is 209 Å². The van der Waals surface area contributed by atoms with Gasteiger partial charge in [0, 0.05) is 11.0 Å². The maximum Gasteiger partial charge on any atom is 0.320 e. The van der Waals surface area contributed by atoms with Crippen LogP contribution in [0.15, 0.2) is 121 Å². The van der Waals surface area contributed by atoms with Gasteiger partial charge in [-0.25, -0.2) is 9.78 Å². The molecule has 4 aromatic carbocycles. The predicted molar refractivity (Wildman–Crippen MR) is 142 cm³/mol. The molecule has 1 aliphatic heterocycles. The number of fused-ring (bicyclic) bond motifs is 1. The number of nitrogens with one attached hydrogen (secondary N) is 2. The van der Waals surface area contributed by atoms with E-state index >= 15 is 0 Å². The Morgan fingerprint density at radius 1 is 0.694 bits per heavy atom. The highest BCUT2D eigenvalue weighted by Gasteiger charge is 2.31. The van der Waals surface area contributed by atoms with Crippen molar-refractivity contribution >= 4 is 28.2 Å². The van der Waals surface area contributed by atoms with Crippen LogP contribution in [0.25, 0.3) is 22.2 Å². The number of aromatic nitrogens is 1. The van der Waals surface area contributed by atoms with Crippen molar-refractivity contribution < 1.29 is 9.53 Å². The Bertz CT molecular complexity index is 1580. The van der Waals surface area contributed by atoms with E-state index in [0.717, 1.165) is 44.7 Å². The largest absolute Gasteiger partial charge is 0.457 e. The summed E-state index contributed by atoms with van der Waals surface area (Å²) < 4.78 is 6.09. The SMILES string of the molecule is O=C1NC(c2ccccc2)=C(c2ccc3ccccc3n2)C(c2cccc(Oc3ccccc3)c2)N1. The van der Waals surface area contributed by atoms with Crippen molar-refractivity contribution in [2.24, 2.45) is 0 Å². The Hall–Kier alpha value is -4.90. The molecule has 1 aliphatic rings. The van der Waals surface area contributed by atoms with Gasteiger partial charge in [0.25, 0.3) is 0 Å². The van der Waals surface area contributed by atoms with E-state index in [1.165, 1.54) is 0 Å². The summed E-state index contributed by atoms with van der Waals surface area (Å²) in [6.07, 6.45) is 0. The number of para-hydroxylation sites is 2. The Morgan fingerprint density at radius 3 is 2.25 bits per heavy atom. The lowest BCUT2D eigenvalue weighted by Gasteiger charge is -2.31. The fraction of sp³-hybridized carbons (Fsp3) is 0.0323. The molecule has 0 saturated carbocycles. The van der Waals surface area contributed by atoms with Gasteiger partial charge >= 0.3 is 6.03 Å². The fourth-order valence-electron chi connectivity index (χ4n) is 4.52. The maximum absolute atomic E-state index is 12.9. The molecular formula is C31H23N3O2. The number of urea groups is 1. The van der Waals surface area contributed by atoms with Crippen molar-refractivity contribution in [1.82, 2.24) is 15.6 Å². The number of nitrogens with zero attached hydrogens (tertiary/aromatic N) is 1. The summed E-state index contributed by atoms with van der Waals surface area (Å²) in [6.45, 7) is 0. The number of benzene rings is 4. The van der Waals surface area contributed by atoms with Gasteiger partial charge in [0.05, 0.1) is 22.9 Å². The van der Waals surface area contributed by atoms with Crippen molar-refractivity contribution in [3.05, 3.63) is 138 Å². The topological polar surface area (TPSA) is 63.2 Å². The molecule has 0 bridgehead atoms. The van der Waals surface area contributed by atoms with Crippen LogP contribution in [0.2, 0.25) is 0 Å². The van der Waals surface area contributed by atoms with Gasteiger partial charge in [-0.15, -0.1) is 0 Å². The Morgan fingerprint density at radius 2 is 1.42 bits per heavy atom. The second kappa shape index (κ2) is 9.39. The van der Waals surface area contributed by atoms with Crippen LogP contribution in [-0.4, -0.2) is 11.0 Å². The summed E-state index contributed by atoms with van der Waals surface area (Å²) in [5, 5.41) is 7.22. The first-order chi connectivity index (χ1) is 17.7. The van der Waals surface area contributed by atoms with Gasteiger partial charge in [-0.3, -0.25) is 0 Å². The second-order valence-corrected chi connectivity index (χ2v) is 8.56. The van der Waals surface area contributed by atoms with Crippen molar-refractivity contribution in [1.29, 1.82) is 0 Å². The van der Waals surface area contributed by atoms with Gasteiger partial charge in [0.2, 0.25) is 0 Å². The summed E-state index contributed by atoms with van der Waals surface area (Å²) in [6, 6.07) is 38.7. The van der Waals surface area contributed by atoms with E-state index in [1.54, 1.807) is 0 Å². The Kier molecular flexibility index (Phi) is 5.64. The molecule has 1 unspecified atom stereocenters. The summed E-state index contributed by atoms with van der Waals surface area (Å²) in [5.41, 5.74) is 5.13. The normalized spacial score (nSPS) is 15.3. The van der Waals surface area contributed by atoms with E-state index in [-0.39, 0.29) is 6.03 Å². The molecule has 0 spiro atoms. The van der Waals surface area contributed by atoms with E-state index < -0.39 is 6.04 Å². The zero-order valence-corrected chi connectivity index (χ0v) is 19.4. The molecule has 5 nitrogen and oxygen atoms in total. The molecule has 2 heterocycles. The zero-order chi connectivity index (χ0) is 24.3. The highest BCUT2D eigenvalue weighted by atomic mass is 16.5. The first-order valence-corrected chi connectivity index (χ1v) is 11.8. The standard InChI is InChI=1S/C31H23N3O2/c35-31-33-29(22-11-3-1-4-12-22)28(27-19-18-21-10-7-8-17-26(21)32-27)30(34-31)23-13-9-16-25(20-23)36-24-14-5-2-6-15-24/h1-20,30H,(H2,33,34,35). The van der Waals surface area contributed by atoms with E-state index in [1.807, 2.05) is 115 Å². The van der Waals surface area contributed by atoms with E-state index in [2.05, 4.69) is 16.7 Å². The molecule has 174 valence electrons. The molecule has 5 heteroatoms. The quantitative estimate of drug-likeness (QED) is 0.293. The highest BCUT2D eigenvalue weighted by molar-refractivity contribution is 6.03. The van der Waals surface area contributed by atoms with E-state index in [9.17, 15) is 4.79 Å². The van der Waals surface area contributed by atoms with Gasteiger partial charge in [0.1, 0.15) is 11.5 Å². The van der Waals surface area contributed by atoms with E-state index in [0.29, 0.717) is 5.75 Å². The summed E-state index contributed by atoms with van der Waals surface area (Å²) in [7, 11) is 0. The third kappa shape index (κ3) is 4.30. The van der Waals surface area contributed by atoms with Crippen LogP contribution in [0, 0.1) is 0 Å². The summed E-state index contributed by atoms with van der Waals surface area (Å²) in [4.78, 5) is 17.9. The maximum atomic E-state index is 12.9. The average Bonchev–Trinajstić information content (AvgIpc) is 2.93. The third-order valence-electron chi connectivity index (χ3n) is 6.18. The predicted octanol–water partition coefficient (Wildman–Crippen LogP) is 6.95. The minimum absolute atomic E-state index is 0.266. The van der Waals surface area contributed by atoms with Gasteiger partial charge in [-0.05, 0) is 47.5 Å². The fourth-order valence-corrected chi connectivity index (χ4v) is 4.52. The molecule has 2 N–H and O–H groups in total. The smallest absolute Gasteiger partial charge is 0.320 e. The monoisotopic (exact) mass is 469 g/mol. The van der Waals surface area contributed by atoms with Crippen LogP contribution in [0.1, 0.15) is 22.9 Å². The molecule has 5 aromatic rings. The van der Waals surface area contributed by atoms with Crippen LogP contribution in [-0.2, 0) is 0 Å². The van der Waals surface area contributed by atoms with Crippen LogP contribution in [0.3, 0.4) is 0 Å². The van der Waals surface area contributed by atoms with Crippen molar-refractivity contribution in [2.45, 2.75) is 6.04 Å². The first-order valence-electron chi connectivity index (χ1n) is 11.8. The number of hydrogen-bond acceptors (Lipinski definition) is 3. The lowest BCUT2D eigenvalue weighted by molar-refractivity contribution is 0.242. The number of ether oxygens (including phenoxy) is 1. The number of carbonyl (C=O) groups excluding carboxylic acids is 1. The number of carbonyl (C=O) groups is 1. The number of hydrogen-bond donors (Lipinski definition) is 2. The molecule has 1 aromatic heterocycles. The van der Waals surface area contributed by atoms with Crippen LogP contribution < -0.4 is 15.4 Å². The van der Waals surface area contributed by atoms with Crippen LogP contribution in [0.4, 0.5) is 4.79 Å². The molecule has 0 radical (unpaired) electrons. The van der Waals surface area contributed by atoms with Gasteiger partial charge < -0.3 is 15.4 Å². The van der Waals surface area contributed by atoms with Crippen LogP contribution in [0.5, 0.6) is 11.5 Å². The Balaban J connectivity index is 1.51. The molecule has 0 aliphatic carbocycles. The molecule has 0 saturated heterocycles. The first kappa shape index (κ1) is 21.6. The van der Waals surface area contributed by atoms with Gasteiger partial charge in [-0.2, -0.15) is 0 Å². The lowest BCUT2D eigenvalue weighted by Crippen LogP contribution is -2.43. The molecule has 36 heavy (non-hydrogen) atoms. The number of rotatable bonds is 5. The molecule has 6 rings (SSSR count). The third-order valence-corrected chi connectivity index (χ3v) is 6.18. The molecule has 1 atom stereocenters. The summed E-state index contributed by atoms with van der Waals surface area (Å²) >= 11 is 0. The van der Waals surface area contributed by atoms with Crippen molar-refractivity contribution in [3.63, 3.8) is 0 Å².